The Morgan fingerprint density at radius 2 is 1.84 bits per heavy atom. The molecule has 1 aromatic carbocycles. The average molecular weight is 362 g/mol. The van der Waals surface area contributed by atoms with Crippen LogP contribution in [0.25, 0.3) is 0 Å². The van der Waals surface area contributed by atoms with Crippen LogP contribution < -0.4 is 4.90 Å². The number of hydrogen-bond donors (Lipinski definition) is 0. The van der Waals surface area contributed by atoms with E-state index in [-0.39, 0.29) is 6.04 Å². The molecule has 136 valence electrons. The normalized spacial score (nSPS) is 19.4. The molecule has 2 heterocycles. The van der Waals surface area contributed by atoms with Gasteiger partial charge in [0.2, 0.25) is 10.0 Å². The highest BCUT2D eigenvalue weighted by molar-refractivity contribution is 7.89. The molecule has 25 heavy (non-hydrogen) atoms. The zero-order valence-corrected chi connectivity index (χ0v) is 16.1. The molecular weight excluding hydrogens is 336 g/mol. The zero-order chi connectivity index (χ0) is 18.2. The molecule has 1 atom stereocenters. The first kappa shape index (κ1) is 17.9. The van der Waals surface area contributed by atoms with E-state index in [0.29, 0.717) is 36.8 Å². The van der Waals surface area contributed by atoms with Gasteiger partial charge in [0.25, 0.3) is 0 Å². The van der Waals surface area contributed by atoms with E-state index in [9.17, 15) is 8.42 Å². The quantitative estimate of drug-likeness (QED) is 0.838. The van der Waals surface area contributed by atoms with Crippen LogP contribution in [0.1, 0.15) is 25.1 Å². The van der Waals surface area contributed by atoms with Gasteiger partial charge in [0, 0.05) is 44.1 Å². The van der Waals surface area contributed by atoms with E-state index < -0.39 is 10.0 Å². The Kier molecular flexibility index (Phi) is 4.88. The fourth-order valence-electron chi connectivity index (χ4n) is 3.32. The van der Waals surface area contributed by atoms with Gasteiger partial charge >= 0.3 is 0 Å². The van der Waals surface area contributed by atoms with Crippen LogP contribution in [0.2, 0.25) is 0 Å². The first-order chi connectivity index (χ1) is 11.8. The van der Waals surface area contributed by atoms with Gasteiger partial charge in [-0.15, -0.1) is 0 Å². The minimum Gasteiger partial charge on any atom is -0.366 e. The monoisotopic (exact) mass is 362 g/mol. The lowest BCUT2D eigenvalue weighted by atomic mass is 10.1. The zero-order valence-electron chi connectivity index (χ0n) is 15.3. The molecular formula is C18H26N4O2S. The van der Waals surface area contributed by atoms with Crippen LogP contribution in [0.5, 0.6) is 0 Å². The molecule has 1 saturated heterocycles. The molecule has 3 rings (SSSR count). The van der Waals surface area contributed by atoms with Crippen molar-refractivity contribution >= 4 is 15.7 Å². The molecule has 2 aromatic rings. The third-order valence-electron chi connectivity index (χ3n) is 4.80. The van der Waals surface area contributed by atoms with Gasteiger partial charge in [-0.2, -0.15) is 9.40 Å². The summed E-state index contributed by atoms with van der Waals surface area (Å²) in [6, 6.07) is 8.51. The molecule has 0 amide bonds. The molecule has 0 bridgehead atoms. The molecule has 1 aromatic heterocycles. The number of nitrogens with zero attached hydrogens (tertiary/aromatic N) is 4. The summed E-state index contributed by atoms with van der Waals surface area (Å²) in [7, 11) is -3.50. The van der Waals surface area contributed by atoms with Gasteiger partial charge in [0.05, 0.1) is 5.69 Å². The van der Waals surface area contributed by atoms with Gasteiger partial charge in [-0.1, -0.05) is 17.7 Å². The summed E-state index contributed by atoms with van der Waals surface area (Å²) < 4.78 is 29.3. The van der Waals surface area contributed by atoms with Crippen LogP contribution in [0.3, 0.4) is 0 Å². The summed E-state index contributed by atoms with van der Waals surface area (Å²) in [5.74, 6) is 0. The summed E-state index contributed by atoms with van der Waals surface area (Å²) in [4.78, 5) is 2.60. The second-order valence-corrected chi connectivity index (χ2v) is 8.58. The van der Waals surface area contributed by atoms with Gasteiger partial charge in [-0.25, -0.2) is 8.42 Å². The summed E-state index contributed by atoms with van der Waals surface area (Å²) in [5.41, 5.74) is 2.93. The molecule has 0 N–H and O–H groups in total. The maximum atomic E-state index is 13.0. The number of anilines is 1. The lowest BCUT2D eigenvalue weighted by Crippen LogP contribution is -2.53. The third kappa shape index (κ3) is 3.43. The lowest BCUT2D eigenvalue weighted by Gasteiger charge is -2.40. The standard InChI is InChI=1S/C18H26N4O2S/c1-5-20-13-18(16(4)19-20)25(23,24)21-10-11-22(15(3)12-21)17-8-6-14(2)7-9-17/h6-9,13,15H,5,10-12H2,1-4H3. The van der Waals surface area contributed by atoms with Crippen molar-refractivity contribution in [1.82, 2.24) is 14.1 Å². The van der Waals surface area contributed by atoms with E-state index in [1.807, 2.05) is 6.92 Å². The molecule has 1 unspecified atom stereocenters. The van der Waals surface area contributed by atoms with Gasteiger partial charge in [-0.05, 0) is 39.8 Å². The first-order valence-corrected chi connectivity index (χ1v) is 10.1. The largest absolute Gasteiger partial charge is 0.366 e. The fraction of sp³-hybridized carbons (Fsp3) is 0.500. The van der Waals surface area contributed by atoms with Gasteiger partial charge < -0.3 is 4.90 Å². The Morgan fingerprint density at radius 3 is 2.40 bits per heavy atom. The SMILES string of the molecule is CCn1cc(S(=O)(=O)N2CCN(c3ccc(C)cc3)C(C)C2)c(C)n1. The Bertz CT molecular complexity index is 842. The molecule has 0 aliphatic carbocycles. The number of piperazine rings is 1. The Labute approximate surface area is 150 Å². The first-order valence-electron chi connectivity index (χ1n) is 8.70. The van der Waals surface area contributed by atoms with E-state index in [1.165, 1.54) is 5.56 Å². The molecule has 1 fully saturated rings. The van der Waals surface area contributed by atoms with Crippen molar-refractivity contribution in [3.8, 4) is 0 Å². The van der Waals surface area contributed by atoms with Crippen molar-refractivity contribution < 1.29 is 8.42 Å². The lowest BCUT2D eigenvalue weighted by molar-refractivity contribution is 0.342. The number of hydrogen-bond acceptors (Lipinski definition) is 4. The molecule has 6 nitrogen and oxygen atoms in total. The van der Waals surface area contributed by atoms with Crippen LogP contribution in [-0.2, 0) is 16.6 Å². The van der Waals surface area contributed by atoms with Crippen molar-refractivity contribution in [1.29, 1.82) is 0 Å². The van der Waals surface area contributed by atoms with E-state index in [4.69, 9.17) is 0 Å². The molecule has 1 aliphatic rings. The number of aromatic nitrogens is 2. The summed E-state index contributed by atoms with van der Waals surface area (Å²) in [6.07, 6.45) is 1.64. The Balaban J connectivity index is 1.79. The minimum absolute atomic E-state index is 0.118. The van der Waals surface area contributed by atoms with Crippen molar-refractivity contribution in [2.75, 3.05) is 24.5 Å². The van der Waals surface area contributed by atoms with E-state index >= 15 is 0 Å². The van der Waals surface area contributed by atoms with E-state index in [2.05, 4.69) is 48.1 Å². The van der Waals surface area contributed by atoms with Crippen LogP contribution >= 0.6 is 0 Å². The van der Waals surface area contributed by atoms with Crippen molar-refractivity contribution in [3.05, 3.63) is 41.7 Å². The summed E-state index contributed by atoms with van der Waals surface area (Å²) in [5, 5.41) is 4.28. The number of benzene rings is 1. The predicted molar refractivity (Wildman–Crippen MR) is 99.4 cm³/mol. The highest BCUT2D eigenvalue weighted by Gasteiger charge is 2.34. The van der Waals surface area contributed by atoms with Crippen LogP contribution in [0.15, 0.2) is 35.4 Å². The highest BCUT2D eigenvalue weighted by atomic mass is 32.2. The second-order valence-electron chi connectivity index (χ2n) is 6.68. The third-order valence-corrected chi connectivity index (χ3v) is 6.77. The van der Waals surface area contributed by atoms with Gasteiger partial charge in [0.1, 0.15) is 4.90 Å². The molecule has 7 heteroatoms. The minimum atomic E-state index is -3.50. The predicted octanol–water partition coefficient (Wildman–Crippen LogP) is 2.42. The van der Waals surface area contributed by atoms with Crippen molar-refractivity contribution in [3.63, 3.8) is 0 Å². The van der Waals surface area contributed by atoms with Gasteiger partial charge in [0.15, 0.2) is 0 Å². The molecule has 1 aliphatic heterocycles. The van der Waals surface area contributed by atoms with Crippen LogP contribution in [0.4, 0.5) is 5.69 Å². The van der Waals surface area contributed by atoms with E-state index in [0.717, 1.165) is 5.69 Å². The molecule has 0 saturated carbocycles. The molecule has 0 radical (unpaired) electrons. The number of aryl methyl sites for hydroxylation is 3. The van der Waals surface area contributed by atoms with Crippen molar-refractivity contribution in [2.45, 2.75) is 45.2 Å². The second kappa shape index (κ2) is 6.80. The topological polar surface area (TPSA) is 58.4 Å². The fourth-order valence-corrected chi connectivity index (χ4v) is 5.00. The highest BCUT2D eigenvalue weighted by Crippen LogP contribution is 2.25. The number of rotatable bonds is 4. The van der Waals surface area contributed by atoms with E-state index in [1.54, 1.807) is 22.1 Å². The van der Waals surface area contributed by atoms with Crippen molar-refractivity contribution in [2.24, 2.45) is 0 Å². The smallest absolute Gasteiger partial charge is 0.246 e. The average Bonchev–Trinajstić information content (AvgIpc) is 2.97. The van der Waals surface area contributed by atoms with Crippen LogP contribution in [-0.4, -0.2) is 48.2 Å². The molecule has 0 spiro atoms. The van der Waals surface area contributed by atoms with Crippen LogP contribution in [0, 0.1) is 13.8 Å². The Morgan fingerprint density at radius 1 is 1.16 bits per heavy atom. The summed E-state index contributed by atoms with van der Waals surface area (Å²) >= 11 is 0. The number of sulfonamides is 1. The Hall–Kier alpha value is -1.86. The maximum absolute atomic E-state index is 13.0. The van der Waals surface area contributed by atoms with Gasteiger partial charge in [-0.3, -0.25) is 4.68 Å². The maximum Gasteiger partial charge on any atom is 0.246 e. The summed E-state index contributed by atoms with van der Waals surface area (Å²) in [6.45, 7) is 10.2.